The van der Waals surface area contributed by atoms with Crippen LogP contribution in [0, 0.1) is 0 Å². The predicted molar refractivity (Wildman–Crippen MR) is 71.7 cm³/mol. The fraction of sp³-hybridized carbons (Fsp3) is 0.929. The summed E-state index contributed by atoms with van der Waals surface area (Å²) in [6.07, 6.45) is 2.89. The van der Waals surface area contributed by atoms with Gasteiger partial charge in [0.25, 0.3) is 0 Å². The van der Waals surface area contributed by atoms with Crippen LogP contribution in [0.4, 0.5) is 4.79 Å². The third-order valence-electron chi connectivity index (χ3n) is 3.29. The molecule has 4 heteroatoms. The highest BCUT2D eigenvalue weighted by Crippen LogP contribution is 2.33. The number of ether oxygens (including phenoxy) is 2. The van der Waals surface area contributed by atoms with Crippen LogP contribution in [0.25, 0.3) is 0 Å². The lowest BCUT2D eigenvalue weighted by atomic mass is 9.87. The molecule has 0 bridgehead atoms. The van der Waals surface area contributed by atoms with Crippen molar-refractivity contribution in [3.63, 3.8) is 0 Å². The number of carbonyl (C=O) groups excluding carboxylic acids is 1. The van der Waals surface area contributed by atoms with Gasteiger partial charge in [-0.3, -0.25) is 4.90 Å². The molecule has 4 nitrogen and oxygen atoms in total. The number of piperidine rings is 1. The van der Waals surface area contributed by atoms with E-state index in [1.807, 2.05) is 25.7 Å². The van der Waals surface area contributed by atoms with Crippen LogP contribution in [0.15, 0.2) is 0 Å². The number of amides is 1. The Kier molecular flexibility index (Phi) is 4.65. The van der Waals surface area contributed by atoms with E-state index < -0.39 is 5.60 Å². The molecule has 0 aromatic carbocycles. The van der Waals surface area contributed by atoms with Crippen molar-refractivity contribution in [1.82, 2.24) is 4.90 Å². The molecule has 1 rings (SSSR count). The van der Waals surface area contributed by atoms with E-state index >= 15 is 0 Å². The van der Waals surface area contributed by atoms with Crippen LogP contribution < -0.4 is 0 Å². The standard InChI is InChI=1S/C14H27NO3/c1-13(2,3)18-12(16)15-11(10-17-6)8-7-9-14(15,4)5/h11H,7-10H2,1-6H3/t11-/m0/s1. The Hall–Kier alpha value is -0.770. The molecule has 0 aromatic heterocycles. The summed E-state index contributed by atoms with van der Waals surface area (Å²) >= 11 is 0. The van der Waals surface area contributed by atoms with Gasteiger partial charge in [0.15, 0.2) is 0 Å². The van der Waals surface area contributed by atoms with Gasteiger partial charge in [-0.2, -0.15) is 0 Å². The van der Waals surface area contributed by atoms with Crippen molar-refractivity contribution >= 4 is 6.09 Å². The Morgan fingerprint density at radius 2 is 2.00 bits per heavy atom. The monoisotopic (exact) mass is 257 g/mol. The van der Waals surface area contributed by atoms with Gasteiger partial charge >= 0.3 is 6.09 Å². The molecule has 106 valence electrons. The fourth-order valence-electron chi connectivity index (χ4n) is 2.57. The number of rotatable bonds is 2. The summed E-state index contributed by atoms with van der Waals surface area (Å²) in [7, 11) is 1.68. The number of nitrogens with zero attached hydrogens (tertiary/aromatic N) is 1. The Balaban J connectivity index is 2.85. The van der Waals surface area contributed by atoms with Crippen LogP contribution in [0.1, 0.15) is 53.9 Å². The zero-order chi connectivity index (χ0) is 14.0. The molecule has 0 radical (unpaired) electrons. The van der Waals surface area contributed by atoms with E-state index in [1.165, 1.54) is 0 Å². The van der Waals surface area contributed by atoms with Crippen LogP contribution >= 0.6 is 0 Å². The molecule has 0 N–H and O–H groups in total. The zero-order valence-corrected chi connectivity index (χ0v) is 12.6. The summed E-state index contributed by atoms with van der Waals surface area (Å²) < 4.78 is 10.8. The van der Waals surface area contributed by atoms with Gasteiger partial charge in [0.1, 0.15) is 5.60 Å². The topological polar surface area (TPSA) is 38.8 Å². The lowest BCUT2D eigenvalue weighted by Gasteiger charge is -2.47. The zero-order valence-electron chi connectivity index (χ0n) is 12.6. The van der Waals surface area contributed by atoms with Crippen molar-refractivity contribution < 1.29 is 14.3 Å². The third kappa shape index (κ3) is 3.87. The lowest BCUT2D eigenvalue weighted by Crippen LogP contribution is -2.58. The molecule has 0 unspecified atom stereocenters. The summed E-state index contributed by atoms with van der Waals surface area (Å²) in [5, 5.41) is 0. The van der Waals surface area contributed by atoms with Crippen molar-refractivity contribution in [2.75, 3.05) is 13.7 Å². The van der Waals surface area contributed by atoms with Crippen molar-refractivity contribution in [2.45, 2.75) is 71.1 Å². The SMILES string of the molecule is COC[C@@H]1CCCC(C)(C)N1C(=O)OC(C)(C)C. The van der Waals surface area contributed by atoms with Gasteiger partial charge in [-0.15, -0.1) is 0 Å². The van der Waals surface area contributed by atoms with Gasteiger partial charge < -0.3 is 9.47 Å². The van der Waals surface area contributed by atoms with E-state index in [0.717, 1.165) is 19.3 Å². The normalized spacial score (nSPS) is 23.9. The van der Waals surface area contributed by atoms with Gasteiger partial charge in [-0.05, 0) is 53.9 Å². The maximum Gasteiger partial charge on any atom is 0.411 e. The Bertz CT molecular complexity index is 292. The Morgan fingerprint density at radius 3 is 2.50 bits per heavy atom. The van der Waals surface area contributed by atoms with Crippen molar-refractivity contribution in [3.05, 3.63) is 0 Å². The number of likely N-dealkylation sites (tertiary alicyclic amines) is 1. The van der Waals surface area contributed by atoms with Crippen molar-refractivity contribution in [1.29, 1.82) is 0 Å². The highest BCUT2D eigenvalue weighted by molar-refractivity contribution is 5.69. The van der Waals surface area contributed by atoms with Gasteiger partial charge in [-0.1, -0.05) is 0 Å². The van der Waals surface area contributed by atoms with E-state index in [9.17, 15) is 4.79 Å². The second-order valence-corrected chi connectivity index (χ2v) is 6.66. The number of carbonyl (C=O) groups is 1. The molecule has 18 heavy (non-hydrogen) atoms. The molecule has 1 amide bonds. The molecule has 1 aliphatic rings. The van der Waals surface area contributed by atoms with Gasteiger partial charge in [0, 0.05) is 12.6 Å². The Labute approximate surface area is 111 Å². The first-order chi connectivity index (χ1) is 8.17. The highest BCUT2D eigenvalue weighted by Gasteiger charge is 2.41. The molecule has 0 aliphatic carbocycles. The smallest absolute Gasteiger partial charge is 0.411 e. The summed E-state index contributed by atoms with van der Waals surface area (Å²) in [6, 6.07) is 0.119. The molecule has 0 spiro atoms. The summed E-state index contributed by atoms with van der Waals surface area (Å²) in [5.74, 6) is 0. The molecule has 1 fully saturated rings. The van der Waals surface area contributed by atoms with Crippen LogP contribution in [-0.4, -0.2) is 41.9 Å². The van der Waals surface area contributed by atoms with Crippen LogP contribution in [0.5, 0.6) is 0 Å². The molecule has 1 aliphatic heterocycles. The summed E-state index contributed by atoms with van der Waals surface area (Å²) in [6.45, 7) is 10.5. The second kappa shape index (κ2) is 5.47. The highest BCUT2D eigenvalue weighted by atomic mass is 16.6. The van der Waals surface area contributed by atoms with Gasteiger partial charge in [-0.25, -0.2) is 4.79 Å². The van der Waals surface area contributed by atoms with Crippen molar-refractivity contribution in [3.8, 4) is 0 Å². The van der Waals surface area contributed by atoms with Crippen LogP contribution in [-0.2, 0) is 9.47 Å². The van der Waals surface area contributed by atoms with E-state index in [0.29, 0.717) is 6.61 Å². The molecule has 0 aromatic rings. The molecule has 1 atom stereocenters. The van der Waals surface area contributed by atoms with Gasteiger partial charge in [0.2, 0.25) is 0 Å². The average molecular weight is 257 g/mol. The summed E-state index contributed by atoms with van der Waals surface area (Å²) in [5.41, 5.74) is -0.619. The number of hydrogen-bond donors (Lipinski definition) is 0. The van der Waals surface area contributed by atoms with Crippen molar-refractivity contribution in [2.24, 2.45) is 0 Å². The summed E-state index contributed by atoms with van der Waals surface area (Å²) in [4.78, 5) is 14.2. The lowest BCUT2D eigenvalue weighted by molar-refractivity contribution is -0.0409. The van der Waals surface area contributed by atoms with Crippen LogP contribution in [0.3, 0.4) is 0 Å². The maximum absolute atomic E-state index is 12.4. The molecule has 1 saturated heterocycles. The predicted octanol–water partition coefficient (Wildman–Crippen LogP) is 3.20. The second-order valence-electron chi connectivity index (χ2n) is 6.66. The largest absolute Gasteiger partial charge is 0.444 e. The molecule has 0 saturated carbocycles. The maximum atomic E-state index is 12.4. The quantitative estimate of drug-likeness (QED) is 0.762. The van der Waals surface area contributed by atoms with E-state index in [4.69, 9.17) is 9.47 Å². The minimum Gasteiger partial charge on any atom is -0.444 e. The molecule has 1 heterocycles. The van der Waals surface area contributed by atoms with Crippen LogP contribution in [0.2, 0.25) is 0 Å². The first kappa shape index (κ1) is 15.3. The fourth-order valence-corrected chi connectivity index (χ4v) is 2.57. The first-order valence-corrected chi connectivity index (χ1v) is 6.68. The molecular weight excluding hydrogens is 230 g/mol. The first-order valence-electron chi connectivity index (χ1n) is 6.68. The number of methoxy groups -OCH3 is 1. The Morgan fingerprint density at radius 1 is 1.39 bits per heavy atom. The van der Waals surface area contributed by atoms with E-state index in [1.54, 1.807) is 7.11 Å². The average Bonchev–Trinajstić information content (AvgIpc) is 2.13. The molecular formula is C14H27NO3. The van der Waals surface area contributed by atoms with E-state index in [2.05, 4.69) is 13.8 Å². The minimum atomic E-state index is -0.456. The minimum absolute atomic E-state index is 0.119. The third-order valence-corrected chi connectivity index (χ3v) is 3.29. The van der Waals surface area contributed by atoms with E-state index in [-0.39, 0.29) is 17.7 Å². The van der Waals surface area contributed by atoms with Gasteiger partial charge in [0.05, 0.1) is 12.6 Å². The number of hydrogen-bond acceptors (Lipinski definition) is 3.